The van der Waals surface area contributed by atoms with Gasteiger partial charge in [-0.2, -0.15) is 0 Å². The summed E-state index contributed by atoms with van der Waals surface area (Å²) in [5.74, 6) is 1.06. The summed E-state index contributed by atoms with van der Waals surface area (Å²) in [5, 5.41) is 4.15. The highest BCUT2D eigenvalue weighted by Crippen LogP contribution is 2.20. The first-order chi connectivity index (χ1) is 10.1. The summed E-state index contributed by atoms with van der Waals surface area (Å²) in [5.41, 5.74) is 4.48. The molecule has 0 spiro atoms. The Morgan fingerprint density at radius 2 is 1.90 bits per heavy atom. The van der Waals surface area contributed by atoms with Gasteiger partial charge in [-0.1, -0.05) is 29.3 Å². The summed E-state index contributed by atoms with van der Waals surface area (Å²) in [6.45, 7) is 2.95. The minimum atomic E-state index is 0.727. The SMILES string of the molecule is Cc1ccc(NCCc2nc3cc(Cl)ccc3n2C)cc1. The van der Waals surface area contributed by atoms with E-state index in [9.17, 15) is 0 Å². The lowest BCUT2D eigenvalue weighted by Crippen LogP contribution is -2.08. The molecule has 3 aromatic rings. The predicted molar refractivity (Wildman–Crippen MR) is 89.1 cm³/mol. The molecular weight excluding hydrogens is 282 g/mol. The first kappa shape index (κ1) is 14.0. The molecule has 0 aliphatic rings. The maximum absolute atomic E-state index is 6.02. The lowest BCUT2D eigenvalue weighted by molar-refractivity contribution is 0.808. The Balaban J connectivity index is 1.70. The van der Waals surface area contributed by atoms with Crippen LogP contribution in [-0.2, 0) is 13.5 Å². The van der Waals surface area contributed by atoms with Crippen LogP contribution in [0.5, 0.6) is 0 Å². The van der Waals surface area contributed by atoms with Gasteiger partial charge in [-0.15, -0.1) is 0 Å². The van der Waals surface area contributed by atoms with E-state index >= 15 is 0 Å². The first-order valence-electron chi connectivity index (χ1n) is 7.05. The van der Waals surface area contributed by atoms with Gasteiger partial charge in [0.05, 0.1) is 11.0 Å². The van der Waals surface area contributed by atoms with Gasteiger partial charge in [-0.25, -0.2) is 4.98 Å². The van der Waals surface area contributed by atoms with Crippen LogP contribution >= 0.6 is 11.6 Å². The highest BCUT2D eigenvalue weighted by molar-refractivity contribution is 6.31. The van der Waals surface area contributed by atoms with Crippen LogP contribution in [0.3, 0.4) is 0 Å². The first-order valence-corrected chi connectivity index (χ1v) is 7.43. The Morgan fingerprint density at radius 1 is 1.14 bits per heavy atom. The van der Waals surface area contributed by atoms with E-state index < -0.39 is 0 Å². The number of hydrogen-bond acceptors (Lipinski definition) is 2. The molecule has 1 aromatic heterocycles. The molecule has 0 unspecified atom stereocenters. The van der Waals surface area contributed by atoms with Crippen molar-refractivity contribution in [3.63, 3.8) is 0 Å². The topological polar surface area (TPSA) is 29.9 Å². The largest absolute Gasteiger partial charge is 0.385 e. The molecular formula is C17H18ClN3. The van der Waals surface area contributed by atoms with E-state index in [1.807, 2.05) is 25.2 Å². The van der Waals surface area contributed by atoms with Gasteiger partial charge >= 0.3 is 0 Å². The van der Waals surface area contributed by atoms with Crippen LogP contribution in [-0.4, -0.2) is 16.1 Å². The van der Waals surface area contributed by atoms with Crippen LogP contribution in [0.2, 0.25) is 5.02 Å². The summed E-state index contributed by atoms with van der Waals surface area (Å²) in [6, 6.07) is 14.3. The smallest absolute Gasteiger partial charge is 0.111 e. The average molecular weight is 300 g/mol. The molecule has 3 rings (SSSR count). The zero-order chi connectivity index (χ0) is 14.8. The third-order valence-corrected chi connectivity index (χ3v) is 3.90. The molecule has 0 radical (unpaired) electrons. The van der Waals surface area contributed by atoms with E-state index in [-0.39, 0.29) is 0 Å². The van der Waals surface area contributed by atoms with Crippen molar-refractivity contribution < 1.29 is 0 Å². The molecule has 0 saturated heterocycles. The number of imidazole rings is 1. The molecule has 3 nitrogen and oxygen atoms in total. The summed E-state index contributed by atoms with van der Waals surface area (Å²) in [4.78, 5) is 4.66. The fourth-order valence-electron chi connectivity index (χ4n) is 2.44. The molecule has 108 valence electrons. The maximum Gasteiger partial charge on any atom is 0.111 e. The minimum absolute atomic E-state index is 0.727. The van der Waals surface area contributed by atoms with Crippen molar-refractivity contribution >= 4 is 28.3 Å². The second-order valence-electron chi connectivity index (χ2n) is 5.26. The van der Waals surface area contributed by atoms with Crippen molar-refractivity contribution in [3.05, 3.63) is 58.9 Å². The highest BCUT2D eigenvalue weighted by atomic mass is 35.5. The Kier molecular flexibility index (Phi) is 3.84. The molecule has 0 aliphatic heterocycles. The van der Waals surface area contributed by atoms with Crippen LogP contribution in [0.25, 0.3) is 11.0 Å². The number of halogens is 1. The summed E-state index contributed by atoms with van der Waals surface area (Å²) >= 11 is 6.02. The Morgan fingerprint density at radius 3 is 2.67 bits per heavy atom. The van der Waals surface area contributed by atoms with Gasteiger partial charge in [0.15, 0.2) is 0 Å². The zero-order valence-corrected chi connectivity index (χ0v) is 13.0. The molecule has 1 N–H and O–H groups in total. The van der Waals surface area contributed by atoms with Gasteiger partial charge in [-0.05, 0) is 37.3 Å². The van der Waals surface area contributed by atoms with Crippen LogP contribution in [0.1, 0.15) is 11.4 Å². The number of nitrogens with zero attached hydrogens (tertiary/aromatic N) is 2. The van der Waals surface area contributed by atoms with Gasteiger partial charge in [0.2, 0.25) is 0 Å². The van der Waals surface area contributed by atoms with Gasteiger partial charge < -0.3 is 9.88 Å². The number of aromatic nitrogens is 2. The Bertz CT molecular complexity index is 760. The summed E-state index contributed by atoms with van der Waals surface area (Å²) in [6.07, 6.45) is 0.872. The number of fused-ring (bicyclic) bond motifs is 1. The van der Waals surface area contributed by atoms with Gasteiger partial charge in [0.1, 0.15) is 5.82 Å². The van der Waals surface area contributed by atoms with Crippen LogP contribution in [0.4, 0.5) is 5.69 Å². The normalized spacial score (nSPS) is 11.0. The molecule has 2 aromatic carbocycles. The molecule has 0 aliphatic carbocycles. The van der Waals surface area contributed by atoms with Crippen LogP contribution < -0.4 is 5.32 Å². The predicted octanol–water partition coefficient (Wildman–Crippen LogP) is 4.19. The van der Waals surface area contributed by atoms with E-state index in [1.165, 1.54) is 5.56 Å². The van der Waals surface area contributed by atoms with E-state index in [4.69, 9.17) is 11.6 Å². The number of anilines is 1. The monoisotopic (exact) mass is 299 g/mol. The number of hydrogen-bond donors (Lipinski definition) is 1. The van der Waals surface area contributed by atoms with Crippen LogP contribution in [0.15, 0.2) is 42.5 Å². The molecule has 0 bridgehead atoms. The number of rotatable bonds is 4. The van der Waals surface area contributed by atoms with E-state index in [2.05, 4.69) is 46.1 Å². The summed E-state index contributed by atoms with van der Waals surface area (Å²) < 4.78 is 2.13. The standard InChI is InChI=1S/C17H18ClN3/c1-12-3-6-14(7-4-12)19-10-9-17-20-15-11-13(18)5-8-16(15)21(17)2/h3-8,11,19H,9-10H2,1-2H3. The molecule has 0 atom stereocenters. The lowest BCUT2D eigenvalue weighted by Gasteiger charge is -2.07. The lowest BCUT2D eigenvalue weighted by atomic mass is 10.2. The molecule has 0 saturated carbocycles. The zero-order valence-electron chi connectivity index (χ0n) is 12.2. The van der Waals surface area contributed by atoms with Gasteiger partial charge in [-0.3, -0.25) is 0 Å². The second kappa shape index (κ2) is 5.78. The average Bonchev–Trinajstić information content (AvgIpc) is 2.77. The number of nitrogens with one attached hydrogen (secondary N) is 1. The van der Waals surface area contributed by atoms with Gasteiger partial charge in [0.25, 0.3) is 0 Å². The minimum Gasteiger partial charge on any atom is -0.385 e. The third-order valence-electron chi connectivity index (χ3n) is 3.66. The second-order valence-corrected chi connectivity index (χ2v) is 5.70. The van der Waals surface area contributed by atoms with Gasteiger partial charge in [0, 0.05) is 30.7 Å². The highest BCUT2D eigenvalue weighted by Gasteiger charge is 2.07. The van der Waals surface area contributed by atoms with Crippen molar-refractivity contribution in [2.24, 2.45) is 7.05 Å². The maximum atomic E-state index is 6.02. The summed E-state index contributed by atoms with van der Waals surface area (Å²) in [7, 11) is 2.05. The van der Waals surface area contributed by atoms with E-state index in [0.717, 1.165) is 40.5 Å². The van der Waals surface area contributed by atoms with Crippen LogP contribution in [0, 0.1) is 6.92 Å². The Labute approximate surface area is 129 Å². The molecule has 0 fully saturated rings. The van der Waals surface area contributed by atoms with Crippen molar-refractivity contribution in [1.29, 1.82) is 0 Å². The van der Waals surface area contributed by atoms with Crippen molar-refractivity contribution in [2.45, 2.75) is 13.3 Å². The number of benzene rings is 2. The molecule has 21 heavy (non-hydrogen) atoms. The fraction of sp³-hybridized carbons (Fsp3) is 0.235. The molecule has 4 heteroatoms. The van der Waals surface area contributed by atoms with E-state index in [1.54, 1.807) is 0 Å². The third kappa shape index (κ3) is 3.03. The van der Waals surface area contributed by atoms with Crippen molar-refractivity contribution in [1.82, 2.24) is 9.55 Å². The van der Waals surface area contributed by atoms with Crippen molar-refractivity contribution in [2.75, 3.05) is 11.9 Å². The molecule has 1 heterocycles. The van der Waals surface area contributed by atoms with Crippen molar-refractivity contribution in [3.8, 4) is 0 Å². The fourth-order valence-corrected chi connectivity index (χ4v) is 2.60. The quantitative estimate of drug-likeness (QED) is 0.783. The molecule has 0 amide bonds. The Hall–Kier alpha value is -2.00. The van der Waals surface area contributed by atoms with E-state index in [0.29, 0.717) is 0 Å². The number of aryl methyl sites for hydroxylation is 2.